The van der Waals surface area contributed by atoms with Crippen LogP contribution in [0.1, 0.15) is 39.8 Å². The maximum Gasteiger partial charge on any atom is 0.355 e. The average Bonchev–Trinajstić information content (AvgIpc) is 3.18. The van der Waals surface area contributed by atoms with Crippen LogP contribution in [0.2, 0.25) is 0 Å². The molecule has 0 bridgehead atoms. The summed E-state index contributed by atoms with van der Waals surface area (Å²) < 4.78 is 31.5. The molecule has 10 nitrogen and oxygen atoms in total. The first kappa shape index (κ1) is 22.2. The molecule has 1 aromatic carbocycles. The smallest absolute Gasteiger partial charge is 0.355 e. The number of carbonyl (C=O) groups excluding carboxylic acids is 2. The second-order valence-corrected chi connectivity index (χ2v) is 8.62. The van der Waals surface area contributed by atoms with E-state index in [1.54, 1.807) is 13.8 Å². The van der Waals surface area contributed by atoms with Gasteiger partial charge in [0.15, 0.2) is 0 Å². The normalized spacial score (nSPS) is 14.4. The van der Waals surface area contributed by atoms with E-state index in [0.29, 0.717) is 22.4 Å². The Bertz CT molecular complexity index is 1230. The van der Waals surface area contributed by atoms with Crippen LogP contribution in [0, 0.1) is 6.92 Å². The van der Waals surface area contributed by atoms with Gasteiger partial charge in [-0.3, -0.25) is 9.59 Å². The number of hydrogen-bond acceptors (Lipinski definition) is 6. The maximum atomic E-state index is 12.6. The zero-order chi connectivity index (χ0) is 22.9. The Hall–Kier alpha value is -3.44. The molecule has 4 N–H and O–H groups in total. The van der Waals surface area contributed by atoms with Crippen molar-refractivity contribution in [2.24, 2.45) is 0 Å². The fraction of sp³-hybridized carbons (Fsp3) is 0.250. The molecule has 1 aliphatic rings. The van der Waals surface area contributed by atoms with Gasteiger partial charge >= 0.3 is 11.9 Å². The number of amides is 1. The molecule has 2 heterocycles. The van der Waals surface area contributed by atoms with Crippen molar-refractivity contribution in [2.75, 3.05) is 19.0 Å². The molecule has 0 saturated heterocycles. The number of sulfonamides is 1. The van der Waals surface area contributed by atoms with Crippen molar-refractivity contribution in [3.05, 3.63) is 46.3 Å². The van der Waals surface area contributed by atoms with Crippen molar-refractivity contribution >= 4 is 45.2 Å². The highest BCUT2D eigenvalue weighted by atomic mass is 32.2. The van der Waals surface area contributed by atoms with Crippen molar-refractivity contribution < 1.29 is 32.6 Å². The number of hydrogen-bond donors (Lipinski definition) is 4. The number of benzene rings is 1. The highest BCUT2D eigenvalue weighted by molar-refractivity contribution is 7.89. The lowest BCUT2D eigenvalue weighted by Crippen LogP contribution is -2.18. The summed E-state index contributed by atoms with van der Waals surface area (Å²) >= 11 is 0. The minimum Gasteiger partial charge on any atom is -0.481 e. The summed E-state index contributed by atoms with van der Waals surface area (Å²) in [6.07, 6.45) is 1.02. The van der Waals surface area contributed by atoms with E-state index in [2.05, 4.69) is 15.0 Å². The van der Waals surface area contributed by atoms with Gasteiger partial charge in [-0.1, -0.05) is 0 Å². The molecular formula is C20H21N3O7S. The highest BCUT2D eigenvalue weighted by Crippen LogP contribution is 2.35. The second-order valence-electron chi connectivity index (χ2n) is 6.74. The number of carboxylic acids is 1. The average molecular weight is 447 g/mol. The van der Waals surface area contributed by atoms with E-state index in [4.69, 9.17) is 4.74 Å². The first-order chi connectivity index (χ1) is 14.6. The fourth-order valence-corrected chi connectivity index (χ4v) is 4.06. The molecule has 0 aliphatic carbocycles. The lowest BCUT2D eigenvalue weighted by Gasteiger charge is -2.05. The molecule has 11 heteroatoms. The van der Waals surface area contributed by atoms with Crippen LogP contribution in [-0.2, 0) is 30.8 Å². The Balaban J connectivity index is 2.17. The number of H-pyrrole nitrogens is 1. The third-order valence-corrected chi connectivity index (χ3v) is 6.27. The van der Waals surface area contributed by atoms with Gasteiger partial charge in [0.25, 0.3) is 5.91 Å². The maximum absolute atomic E-state index is 12.6. The summed E-state index contributed by atoms with van der Waals surface area (Å²) in [6.45, 7) is 3.37. The fourth-order valence-electron chi connectivity index (χ4n) is 3.31. The minimum atomic E-state index is -3.74. The van der Waals surface area contributed by atoms with E-state index in [9.17, 15) is 27.9 Å². The number of esters is 1. The van der Waals surface area contributed by atoms with E-state index in [-0.39, 0.29) is 34.9 Å². The van der Waals surface area contributed by atoms with Crippen LogP contribution in [-0.4, -0.2) is 50.0 Å². The van der Waals surface area contributed by atoms with Gasteiger partial charge in [-0.2, -0.15) is 0 Å². The monoisotopic (exact) mass is 447 g/mol. The predicted molar refractivity (Wildman–Crippen MR) is 112 cm³/mol. The molecular weight excluding hydrogens is 426 g/mol. The Morgan fingerprint density at radius 2 is 2.00 bits per heavy atom. The van der Waals surface area contributed by atoms with E-state index in [1.165, 1.54) is 31.3 Å². The summed E-state index contributed by atoms with van der Waals surface area (Å²) in [6, 6.07) is 4.19. The quantitative estimate of drug-likeness (QED) is 0.370. The molecule has 0 atom stereocenters. The van der Waals surface area contributed by atoms with Crippen molar-refractivity contribution in [2.45, 2.75) is 25.2 Å². The molecule has 1 aliphatic heterocycles. The topological polar surface area (TPSA) is 155 Å². The van der Waals surface area contributed by atoms with Gasteiger partial charge in [0.05, 0.1) is 23.5 Å². The molecule has 0 fully saturated rings. The molecule has 0 unspecified atom stereocenters. The number of anilines is 1. The number of rotatable bonds is 7. The van der Waals surface area contributed by atoms with E-state index < -0.39 is 27.9 Å². The van der Waals surface area contributed by atoms with Crippen LogP contribution in [0.25, 0.3) is 11.6 Å². The van der Waals surface area contributed by atoms with Crippen LogP contribution in [0.4, 0.5) is 5.69 Å². The zero-order valence-electron chi connectivity index (χ0n) is 17.0. The summed E-state index contributed by atoms with van der Waals surface area (Å²) in [7, 11) is -2.46. The lowest BCUT2D eigenvalue weighted by molar-refractivity contribution is -0.136. The molecule has 0 radical (unpaired) electrons. The van der Waals surface area contributed by atoms with Gasteiger partial charge in [0.1, 0.15) is 5.69 Å². The third kappa shape index (κ3) is 4.23. The first-order valence-corrected chi connectivity index (χ1v) is 10.8. The number of fused-ring (bicyclic) bond motifs is 1. The highest BCUT2D eigenvalue weighted by Gasteiger charge is 2.28. The number of carbonyl (C=O) groups is 3. The van der Waals surface area contributed by atoms with Crippen molar-refractivity contribution in [1.29, 1.82) is 0 Å². The number of aliphatic carboxylic acids is 1. The van der Waals surface area contributed by atoms with Crippen LogP contribution in [0.5, 0.6) is 0 Å². The third-order valence-electron chi connectivity index (χ3n) is 4.86. The summed E-state index contributed by atoms with van der Waals surface area (Å²) in [4.78, 5) is 39.0. The number of aromatic nitrogens is 1. The SMILES string of the molecule is CCOC(=O)c1[nH]c(C=C2C(=O)Nc3ccc(S(=O)(=O)NC)cc32)c(CC(=O)O)c1C. The molecule has 164 valence electrons. The van der Waals surface area contributed by atoms with Crippen molar-refractivity contribution in [3.8, 4) is 0 Å². The standard InChI is InChI=1S/C20H21N3O7S/c1-4-30-20(27)18-10(2)12(9-17(24)25)16(22-18)8-14-13-7-11(31(28,29)21-3)5-6-15(13)23-19(14)26/h5-8,21-22H,4,9H2,1-3H3,(H,23,26)(H,24,25). The van der Waals surface area contributed by atoms with E-state index in [0.717, 1.165) is 0 Å². The molecule has 0 saturated carbocycles. The Morgan fingerprint density at radius 3 is 2.61 bits per heavy atom. The van der Waals surface area contributed by atoms with Crippen LogP contribution in [0.15, 0.2) is 23.1 Å². The van der Waals surface area contributed by atoms with E-state index >= 15 is 0 Å². The van der Waals surface area contributed by atoms with Crippen LogP contribution >= 0.6 is 0 Å². The number of aromatic amines is 1. The summed E-state index contributed by atoms with van der Waals surface area (Å²) in [5.74, 6) is -2.24. The zero-order valence-corrected chi connectivity index (χ0v) is 17.8. The first-order valence-electron chi connectivity index (χ1n) is 9.30. The van der Waals surface area contributed by atoms with E-state index in [1.807, 2.05) is 0 Å². The van der Waals surface area contributed by atoms with Gasteiger partial charge in [0.2, 0.25) is 10.0 Å². The Labute approximate surface area is 178 Å². The molecule has 0 spiro atoms. The molecule has 1 aromatic heterocycles. The van der Waals surface area contributed by atoms with Gasteiger partial charge < -0.3 is 20.1 Å². The van der Waals surface area contributed by atoms with Gasteiger partial charge in [-0.05, 0) is 56.3 Å². The summed E-state index contributed by atoms with van der Waals surface area (Å²) in [5, 5.41) is 11.9. The Kier molecular flexibility index (Phi) is 6.00. The number of carboxylic acid groups (broad SMARTS) is 1. The van der Waals surface area contributed by atoms with Crippen molar-refractivity contribution in [1.82, 2.24) is 9.71 Å². The molecule has 31 heavy (non-hydrogen) atoms. The number of nitrogens with one attached hydrogen (secondary N) is 3. The summed E-state index contributed by atoms with van der Waals surface area (Å²) in [5.41, 5.74) is 1.96. The molecule has 1 amide bonds. The van der Waals surface area contributed by atoms with Gasteiger partial charge in [-0.25, -0.2) is 17.9 Å². The predicted octanol–water partition coefficient (Wildman–Crippen LogP) is 1.53. The minimum absolute atomic E-state index is 0.0308. The number of ether oxygens (including phenoxy) is 1. The molecule has 3 rings (SSSR count). The van der Waals surface area contributed by atoms with Crippen molar-refractivity contribution in [3.63, 3.8) is 0 Å². The van der Waals surface area contributed by atoms with Gasteiger partial charge in [-0.15, -0.1) is 0 Å². The van der Waals surface area contributed by atoms with Gasteiger partial charge in [0, 0.05) is 16.9 Å². The van der Waals surface area contributed by atoms with Crippen LogP contribution < -0.4 is 10.0 Å². The second kappa shape index (κ2) is 8.36. The van der Waals surface area contributed by atoms with Crippen LogP contribution in [0.3, 0.4) is 0 Å². The Morgan fingerprint density at radius 1 is 1.29 bits per heavy atom. The largest absolute Gasteiger partial charge is 0.481 e. The molecule has 2 aromatic rings. The lowest BCUT2D eigenvalue weighted by atomic mass is 10.0.